The van der Waals surface area contributed by atoms with E-state index >= 15 is 0 Å². The van der Waals surface area contributed by atoms with Gasteiger partial charge in [0.25, 0.3) is 0 Å². The third-order valence-electron chi connectivity index (χ3n) is 9.54. The van der Waals surface area contributed by atoms with Crippen LogP contribution in [0.1, 0.15) is 78.6 Å². The topological polar surface area (TPSA) is 74.6 Å². The van der Waals surface area contributed by atoms with Crippen molar-refractivity contribution in [3.8, 4) is 0 Å². The predicted molar refractivity (Wildman–Crippen MR) is 108 cm³/mol. The number of Topliss-reactive ketones (excluding diaryl/α,β-unsaturated/α-hetero) is 1. The van der Waals surface area contributed by atoms with E-state index in [-0.39, 0.29) is 23.2 Å². The maximum absolute atomic E-state index is 12.0. The number of hydrogen-bond donors (Lipinski definition) is 2. The zero-order valence-electron chi connectivity index (χ0n) is 17.6. The molecule has 3 fully saturated rings. The SMILES string of the molecule is C[C@H](CCC(=O)O)C1CCC2C3C(CC[C@@]21C)[C@@]1(C)CCC(=O)CC1=C[C@H]3O. The molecule has 156 valence electrons. The van der Waals surface area contributed by atoms with Crippen molar-refractivity contribution in [3.63, 3.8) is 0 Å². The summed E-state index contributed by atoms with van der Waals surface area (Å²) in [7, 11) is 0. The molecule has 4 unspecified atom stereocenters. The van der Waals surface area contributed by atoms with Crippen molar-refractivity contribution in [3.05, 3.63) is 11.6 Å². The van der Waals surface area contributed by atoms with Crippen LogP contribution >= 0.6 is 0 Å². The first kappa shape index (κ1) is 20.1. The van der Waals surface area contributed by atoms with E-state index < -0.39 is 12.1 Å². The molecule has 8 atom stereocenters. The molecule has 2 N–H and O–H groups in total. The van der Waals surface area contributed by atoms with Gasteiger partial charge in [0.2, 0.25) is 0 Å². The normalized spacial score (nSPS) is 46.2. The van der Waals surface area contributed by atoms with Crippen LogP contribution in [0, 0.1) is 40.4 Å². The van der Waals surface area contributed by atoms with Crippen molar-refractivity contribution in [2.24, 2.45) is 40.4 Å². The number of fused-ring (bicyclic) bond motifs is 5. The second-order valence-electron chi connectivity index (χ2n) is 10.7. The van der Waals surface area contributed by atoms with Gasteiger partial charge in [-0.15, -0.1) is 0 Å². The van der Waals surface area contributed by atoms with Gasteiger partial charge in [-0.1, -0.05) is 32.4 Å². The minimum Gasteiger partial charge on any atom is -0.481 e. The summed E-state index contributed by atoms with van der Waals surface area (Å²) in [4.78, 5) is 23.1. The standard InChI is InChI=1S/C24H36O4/c1-14(4-7-21(27)28)17-5-6-18-22-19(9-11-24(17,18)3)23(2)10-8-16(25)12-15(23)13-20(22)26/h13-14,17-20,22,26H,4-12H2,1-3H3,(H,27,28)/t14-,17?,18?,19?,20-,22?,23+,24-/m1/s1. The Morgan fingerprint density at radius 2 is 1.96 bits per heavy atom. The fraction of sp³-hybridized carbons (Fsp3) is 0.833. The number of carboxylic acids is 1. The van der Waals surface area contributed by atoms with E-state index in [1.165, 1.54) is 12.0 Å². The van der Waals surface area contributed by atoms with Crippen LogP contribution in [-0.4, -0.2) is 28.1 Å². The van der Waals surface area contributed by atoms with Crippen molar-refractivity contribution in [1.82, 2.24) is 0 Å². The molecule has 0 spiro atoms. The first-order valence-corrected chi connectivity index (χ1v) is 11.3. The van der Waals surface area contributed by atoms with Gasteiger partial charge in [0.15, 0.2) is 0 Å². The molecule has 28 heavy (non-hydrogen) atoms. The van der Waals surface area contributed by atoms with Gasteiger partial charge in [-0.25, -0.2) is 0 Å². The first-order chi connectivity index (χ1) is 13.2. The lowest BCUT2D eigenvalue weighted by molar-refractivity contribution is -0.137. The summed E-state index contributed by atoms with van der Waals surface area (Å²) in [6.45, 7) is 7.00. The smallest absolute Gasteiger partial charge is 0.303 e. The molecule has 0 aromatic rings. The molecule has 4 aliphatic rings. The molecule has 0 saturated heterocycles. The van der Waals surface area contributed by atoms with Crippen molar-refractivity contribution in [2.75, 3.05) is 0 Å². The number of rotatable bonds is 4. The number of aliphatic carboxylic acids is 1. The van der Waals surface area contributed by atoms with E-state index in [0.29, 0.717) is 42.3 Å². The van der Waals surface area contributed by atoms with Gasteiger partial charge in [-0.3, -0.25) is 9.59 Å². The number of allylic oxidation sites excluding steroid dienone is 1. The molecule has 0 radical (unpaired) electrons. The van der Waals surface area contributed by atoms with Crippen LogP contribution in [0.25, 0.3) is 0 Å². The summed E-state index contributed by atoms with van der Waals surface area (Å²) in [5.74, 6) is 1.86. The number of carbonyl (C=O) groups is 2. The van der Waals surface area contributed by atoms with Crippen LogP contribution in [0.15, 0.2) is 11.6 Å². The molecule has 0 bridgehead atoms. The van der Waals surface area contributed by atoms with Crippen molar-refractivity contribution in [2.45, 2.75) is 84.7 Å². The van der Waals surface area contributed by atoms with Gasteiger partial charge < -0.3 is 10.2 Å². The molecule has 0 heterocycles. The Kier molecular flexibility index (Phi) is 5.01. The highest BCUT2D eigenvalue weighted by atomic mass is 16.4. The van der Waals surface area contributed by atoms with Gasteiger partial charge in [-0.2, -0.15) is 0 Å². The summed E-state index contributed by atoms with van der Waals surface area (Å²) < 4.78 is 0. The van der Waals surface area contributed by atoms with Gasteiger partial charge in [0.05, 0.1) is 6.10 Å². The Morgan fingerprint density at radius 3 is 2.68 bits per heavy atom. The average Bonchev–Trinajstić information content (AvgIpc) is 2.98. The molecule has 4 heteroatoms. The minimum atomic E-state index is -0.699. The fourth-order valence-electron chi connectivity index (χ4n) is 7.99. The van der Waals surface area contributed by atoms with E-state index in [2.05, 4.69) is 20.8 Å². The zero-order chi connectivity index (χ0) is 20.3. The van der Waals surface area contributed by atoms with E-state index in [1.54, 1.807) is 0 Å². The van der Waals surface area contributed by atoms with Crippen LogP contribution < -0.4 is 0 Å². The average molecular weight is 389 g/mol. The Balaban J connectivity index is 1.60. The summed E-state index contributed by atoms with van der Waals surface area (Å²) in [5, 5.41) is 20.2. The summed E-state index contributed by atoms with van der Waals surface area (Å²) in [6.07, 6.45) is 9.38. The van der Waals surface area contributed by atoms with E-state index in [9.17, 15) is 14.7 Å². The number of ketones is 1. The number of aliphatic hydroxyl groups is 1. The fourth-order valence-corrected chi connectivity index (χ4v) is 7.99. The van der Waals surface area contributed by atoms with Gasteiger partial charge in [0.1, 0.15) is 5.78 Å². The van der Waals surface area contributed by atoms with Crippen LogP contribution in [0.5, 0.6) is 0 Å². The number of aliphatic hydroxyl groups excluding tert-OH is 1. The second kappa shape index (κ2) is 6.97. The lowest BCUT2D eigenvalue weighted by atomic mass is 9.46. The van der Waals surface area contributed by atoms with E-state index in [0.717, 1.165) is 32.1 Å². The highest BCUT2D eigenvalue weighted by Gasteiger charge is 2.61. The zero-order valence-corrected chi connectivity index (χ0v) is 17.6. The largest absolute Gasteiger partial charge is 0.481 e. The maximum Gasteiger partial charge on any atom is 0.303 e. The molecule has 4 nitrogen and oxygen atoms in total. The van der Waals surface area contributed by atoms with Crippen molar-refractivity contribution in [1.29, 1.82) is 0 Å². The van der Waals surface area contributed by atoms with Crippen molar-refractivity contribution < 1.29 is 19.8 Å². The van der Waals surface area contributed by atoms with Gasteiger partial charge in [-0.05, 0) is 78.9 Å². The highest BCUT2D eigenvalue weighted by molar-refractivity contribution is 5.82. The quantitative estimate of drug-likeness (QED) is 0.690. The second-order valence-corrected chi connectivity index (χ2v) is 10.7. The monoisotopic (exact) mass is 388 g/mol. The molecular weight excluding hydrogens is 352 g/mol. The number of carbonyl (C=O) groups excluding carboxylic acids is 1. The molecular formula is C24H36O4. The summed E-state index contributed by atoms with van der Waals surface area (Å²) in [5.41, 5.74) is 1.48. The minimum absolute atomic E-state index is 0.0755. The summed E-state index contributed by atoms with van der Waals surface area (Å²) >= 11 is 0. The lowest BCUT2D eigenvalue weighted by Gasteiger charge is -2.59. The Bertz CT molecular complexity index is 697. The number of carboxylic acid groups (broad SMARTS) is 1. The lowest BCUT2D eigenvalue weighted by Crippen LogP contribution is -2.54. The Morgan fingerprint density at radius 1 is 1.21 bits per heavy atom. The summed E-state index contributed by atoms with van der Waals surface area (Å²) in [6, 6.07) is 0. The molecule has 0 amide bonds. The third-order valence-corrected chi connectivity index (χ3v) is 9.54. The Hall–Kier alpha value is -1.16. The third kappa shape index (κ3) is 2.98. The van der Waals surface area contributed by atoms with Gasteiger partial charge >= 0.3 is 5.97 Å². The molecule has 0 aromatic carbocycles. The highest BCUT2D eigenvalue weighted by Crippen LogP contribution is 2.67. The molecule has 4 aliphatic carbocycles. The van der Waals surface area contributed by atoms with Crippen LogP contribution in [0.2, 0.25) is 0 Å². The first-order valence-electron chi connectivity index (χ1n) is 11.3. The van der Waals surface area contributed by atoms with Crippen LogP contribution in [0.4, 0.5) is 0 Å². The molecule has 4 rings (SSSR count). The predicted octanol–water partition coefficient (Wildman–Crippen LogP) is 4.61. The molecule has 3 saturated carbocycles. The van der Waals surface area contributed by atoms with E-state index in [1.807, 2.05) is 6.08 Å². The molecule has 0 aromatic heterocycles. The molecule has 0 aliphatic heterocycles. The van der Waals surface area contributed by atoms with Crippen LogP contribution in [0.3, 0.4) is 0 Å². The van der Waals surface area contributed by atoms with Crippen LogP contribution in [-0.2, 0) is 9.59 Å². The van der Waals surface area contributed by atoms with Crippen molar-refractivity contribution >= 4 is 11.8 Å². The van der Waals surface area contributed by atoms with E-state index in [4.69, 9.17) is 5.11 Å². The number of hydrogen-bond acceptors (Lipinski definition) is 3. The van der Waals surface area contributed by atoms with Gasteiger partial charge in [0, 0.05) is 19.3 Å². The Labute approximate surface area is 168 Å². The maximum atomic E-state index is 12.0.